The second-order valence-corrected chi connectivity index (χ2v) is 10.7. The number of ether oxygens (including phenoxy) is 1. The zero-order chi connectivity index (χ0) is 25.9. The van der Waals surface area contributed by atoms with E-state index in [4.69, 9.17) is 10.5 Å². The molecule has 0 spiro atoms. The molecule has 2 heterocycles. The zero-order valence-corrected chi connectivity index (χ0v) is 21.6. The molecule has 1 aromatic heterocycles. The third-order valence-corrected chi connectivity index (χ3v) is 7.56. The minimum atomic E-state index is -3.86. The van der Waals surface area contributed by atoms with Gasteiger partial charge >= 0.3 is 0 Å². The van der Waals surface area contributed by atoms with Gasteiger partial charge in [0.25, 0.3) is 11.8 Å². The maximum absolute atomic E-state index is 13.4. The van der Waals surface area contributed by atoms with E-state index in [9.17, 15) is 18.0 Å². The number of rotatable bonds is 9. The maximum Gasteiger partial charge on any atom is 0.269 e. The first-order valence-electron chi connectivity index (χ1n) is 11.7. The Morgan fingerprint density at radius 2 is 1.89 bits per heavy atom. The molecule has 1 fully saturated rings. The molecule has 1 aliphatic rings. The standard InChI is InChI=1S/C23H34N6O5S/c1-6-8-18-20(21(22(24)30)28(5)27-18)26-23(31)17-11-16(9-10-19(17)34-7-2)35(32,33)29-12-14(3)25-15(4)13-29/h9-11,14-15,25H,6-8,12-13H2,1-5H3,(H2,24,30)(H,26,31)/t14-,15+. The van der Waals surface area contributed by atoms with Crippen molar-refractivity contribution in [1.29, 1.82) is 0 Å². The maximum atomic E-state index is 13.4. The first-order chi connectivity index (χ1) is 16.5. The lowest BCUT2D eigenvalue weighted by atomic mass is 10.1. The molecular formula is C23H34N6O5S. The molecule has 11 nitrogen and oxygen atoms in total. The molecule has 1 aromatic carbocycles. The minimum Gasteiger partial charge on any atom is -0.493 e. The van der Waals surface area contributed by atoms with Gasteiger partial charge in [-0.05, 0) is 45.4 Å². The van der Waals surface area contributed by atoms with Gasteiger partial charge < -0.3 is 21.1 Å². The van der Waals surface area contributed by atoms with Crippen molar-refractivity contribution in [2.45, 2.75) is 57.5 Å². The summed E-state index contributed by atoms with van der Waals surface area (Å²) >= 11 is 0. The number of hydrogen-bond donors (Lipinski definition) is 3. The monoisotopic (exact) mass is 506 g/mol. The van der Waals surface area contributed by atoms with E-state index in [1.165, 1.54) is 27.2 Å². The molecule has 0 radical (unpaired) electrons. The Labute approximate surface area is 206 Å². The van der Waals surface area contributed by atoms with Crippen molar-refractivity contribution >= 4 is 27.5 Å². The smallest absolute Gasteiger partial charge is 0.269 e. The third-order valence-electron chi connectivity index (χ3n) is 5.74. The van der Waals surface area contributed by atoms with Crippen LogP contribution in [0.4, 0.5) is 5.69 Å². The largest absolute Gasteiger partial charge is 0.493 e. The summed E-state index contributed by atoms with van der Waals surface area (Å²) in [4.78, 5) is 25.5. The van der Waals surface area contributed by atoms with E-state index in [0.29, 0.717) is 25.2 Å². The topological polar surface area (TPSA) is 149 Å². The van der Waals surface area contributed by atoms with E-state index >= 15 is 0 Å². The third kappa shape index (κ3) is 5.65. The Balaban J connectivity index is 2.03. The molecule has 0 bridgehead atoms. The lowest BCUT2D eigenvalue weighted by Crippen LogP contribution is -2.55. The molecule has 192 valence electrons. The van der Waals surface area contributed by atoms with Crippen LogP contribution in [0.15, 0.2) is 23.1 Å². The van der Waals surface area contributed by atoms with E-state index in [1.807, 2.05) is 20.8 Å². The summed E-state index contributed by atoms with van der Waals surface area (Å²) in [5.41, 5.74) is 6.36. The number of anilines is 1. The van der Waals surface area contributed by atoms with Crippen molar-refractivity contribution in [2.24, 2.45) is 12.8 Å². The molecule has 12 heteroatoms. The highest BCUT2D eigenvalue weighted by Crippen LogP contribution is 2.28. The SMILES string of the molecule is CCCc1nn(C)c(C(N)=O)c1NC(=O)c1cc(S(=O)(=O)N2C[C@@H](C)N[C@@H](C)C2)ccc1OCC. The van der Waals surface area contributed by atoms with Crippen molar-refractivity contribution in [1.82, 2.24) is 19.4 Å². The van der Waals surface area contributed by atoms with E-state index in [2.05, 4.69) is 15.7 Å². The molecule has 1 aliphatic heterocycles. The molecule has 0 aliphatic carbocycles. The van der Waals surface area contributed by atoms with Crippen LogP contribution in [0.1, 0.15) is 60.7 Å². The van der Waals surface area contributed by atoms with Gasteiger partial charge in [0, 0.05) is 32.2 Å². The Kier molecular flexibility index (Phi) is 8.18. The number of piperazine rings is 1. The molecule has 2 atom stereocenters. The van der Waals surface area contributed by atoms with Crippen molar-refractivity contribution < 1.29 is 22.7 Å². The number of hydrogen-bond acceptors (Lipinski definition) is 7. The lowest BCUT2D eigenvalue weighted by molar-refractivity contribution is 0.0992. The van der Waals surface area contributed by atoms with Crippen LogP contribution in [-0.2, 0) is 23.5 Å². The predicted molar refractivity (Wildman–Crippen MR) is 132 cm³/mol. The van der Waals surface area contributed by atoms with Crippen LogP contribution in [-0.4, -0.2) is 66.1 Å². The molecular weight excluding hydrogens is 472 g/mol. The number of amides is 2. The van der Waals surface area contributed by atoms with Crippen LogP contribution in [0.2, 0.25) is 0 Å². The van der Waals surface area contributed by atoms with E-state index in [-0.39, 0.29) is 46.3 Å². The van der Waals surface area contributed by atoms with E-state index in [1.54, 1.807) is 14.0 Å². The number of primary amides is 1. The van der Waals surface area contributed by atoms with Gasteiger partial charge in [-0.1, -0.05) is 13.3 Å². The fourth-order valence-corrected chi connectivity index (χ4v) is 5.98. The predicted octanol–water partition coefficient (Wildman–Crippen LogP) is 1.49. The molecule has 35 heavy (non-hydrogen) atoms. The highest BCUT2D eigenvalue weighted by molar-refractivity contribution is 7.89. The molecule has 2 amide bonds. The summed E-state index contributed by atoms with van der Waals surface area (Å²) in [5.74, 6) is -1.13. The van der Waals surface area contributed by atoms with Crippen LogP contribution < -0.4 is 21.1 Å². The second-order valence-electron chi connectivity index (χ2n) is 8.74. The number of aryl methyl sites for hydroxylation is 2. The van der Waals surface area contributed by atoms with Gasteiger partial charge in [0.2, 0.25) is 10.0 Å². The number of benzene rings is 1. The summed E-state index contributed by atoms with van der Waals surface area (Å²) in [6.45, 7) is 8.48. The Morgan fingerprint density at radius 3 is 2.46 bits per heavy atom. The highest BCUT2D eigenvalue weighted by atomic mass is 32.2. The van der Waals surface area contributed by atoms with Crippen LogP contribution >= 0.6 is 0 Å². The van der Waals surface area contributed by atoms with Crippen LogP contribution in [0.5, 0.6) is 5.75 Å². The van der Waals surface area contributed by atoms with Crippen LogP contribution in [0, 0.1) is 0 Å². The summed E-state index contributed by atoms with van der Waals surface area (Å²) in [5, 5.41) is 10.4. The number of carbonyl (C=O) groups excluding carboxylic acids is 2. The molecule has 4 N–H and O–H groups in total. The van der Waals surface area contributed by atoms with Crippen molar-refractivity contribution in [3.05, 3.63) is 35.2 Å². The Hall–Kier alpha value is -2.96. The van der Waals surface area contributed by atoms with Gasteiger partial charge in [0.05, 0.1) is 28.4 Å². The van der Waals surface area contributed by atoms with Crippen molar-refractivity contribution in [3.63, 3.8) is 0 Å². The van der Waals surface area contributed by atoms with Crippen LogP contribution in [0.3, 0.4) is 0 Å². The average Bonchev–Trinajstić information content (AvgIpc) is 3.08. The first-order valence-corrected chi connectivity index (χ1v) is 13.1. The number of nitrogens with one attached hydrogen (secondary N) is 2. The molecule has 2 aromatic rings. The summed E-state index contributed by atoms with van der Waals surface area (Å²) in [6, 6.07) is 4.22. The quantitative estimate of drug-likeness (QED) is 0.466. The molecule has 0 saturated carbocycles. The van der Waals surface area contributed by atoms with Gasteiger partial charge in [-0.2, -0.15) is 9.40 Å². The summed E-state index contributed by atoms with van der Waals surface area (Å²) < 4.78 is 35.2. The minimum absolute atomic E-state index is 0.00576. The number of nitrogens with two attached hydrogens (primary N) is 1. The zero-order valence-electron chi connectivity index (χ0n) is 20.8. The van der Waals surface area contributed by atoms with Gasteiger partial charge in [-0.25, -0.2) is 8.42 Å². The summed E-state index contributed by atoms with van der Waals surface area (Å²) in [6.07, 6.45) is 1.25. The van der Waals surface area contributed by atoms with Gasteiger partial charge in [0.1, 0.15) is 11.4 Å². The van der Waals surface area contributed by atoms with Crippen LogP contribution in [0.25, 0.3) is 0 Å². The first kappa shape index (κ1) is 26.6. The van der Waals surface area contributed by atoms with E-state index in [0.717, 1.165) is 6.42 Å². The fourth-order valence-electron chi connectivity index (χ4n) is 4.34. The number of carbonyl (C=O) groups is 2. The summed E-state index contributed by atoms with van der Waals surface area (Å²) in [7, 11) is -2.28. The van der Waals surface area contributed by atoms with Gasteiger partial charge in [-0.15, -0.1) is 0 Å². The van der Waals surface area contributed by atoms with Crippen molar-refractivity contribution in [3.8, 4) is 5.75 Å². The second kappa shape index (κ2) is 10.8. The fraction of sp³-hybridized carbons (Fsp3) is 0.522. The van der Waals surface area contributed by atoms with Gasteiger partial charge in [-0.3, -0.25) is 14.3 Å². The Morgan fingerprint density at radius 1 is 1.23 bits per heavy atom. The molecule has 1 saturated heterocycles. The number of aromatic nitrogens is 2. The Bertz CT molecular complexity index is 1200. The number of sulfonamides is 1. The van der Waals surface area contributed by atoms with E-state index < -0.39 is 21.8 Å². The number of nitrogens with zero attached hydrogens (tertiary/aromatic N) is 3. The van der Waals surface area contributed by atoms with Gasteiger partial charge in [0.15, 0.2) is 0 Å². The average molecular weight is 507 g/mol. The molecule has 3 rings (SSSR count). The normalized spacial score (nSPS) is 18.9. The highest BCUT2D eigenvalue weighted by Gasteiger charge is 2.32. The lowest BCUT2D eigenvalue weighted by Gasteiger charge is -2.35. The molecule has 0 unspecified atom stereocenters. The van der Waals surface area contributed by atoms with Crippen molar-refractivity contribution in [2.75, 3.05) is 25.0 Å².